The minimum Gasteiger partial charge on any atom is -0.479 e. The summed E-state index contributed by atoms with van der Waals surface area (Å²) < 4.78 is 28.9. The lowest BCUT2D eigenvalue weighted by atomic mass is 10.2. The van der Waals surface area contributed by atoms with Crippen molar-refractivity contribution >= 4 is 22.8 Å². The number of para-hydroxylation sites is 1. The molecule has 3 rings (SSSR count). The maximum Gasteiger partial charge on any atom is 0.347 e. The van der Waals surface area contributed by atoms with E-state index in [1.54, 1.807) is 6.92 Å². The van der Waals surface area contributed by atoms with Gasteiger partial charge in [-0.15, -0.1) is 0 Å². The van der Waals surface area contributed by atoms with Crippen molar-refractivity contribution in [3.05, 3.63) is 66.2 Å². The highest BCUT2D eigenvalue weighted by atomic mass is 19.1. The van der Waals surface area contributed by atoms with Crippen LogP contribution >= 0.6 is 0 Å². The van der Waals surface area contributed by atoms with Crippen LogP contribution in [0.15, 0.2) is 59.0 Å². The number of esters is 1. The van der Waals surface area contributed by atoms with Gasteiger partial charge in [0.2, 0.25) is 0 Å². The Bertz CT molecular complexity index is 933. The number of hydrogen-bond donors (Lipinski definition) is 1. The van der Waals surface area contributed by atoms with Gasteiger partial charge in [0, 0.05) is 5.39 Å². The van der Waals surface area contributed by atoms with Gasteiger partial charge in [-0.3, -0.25) is 4.79 Å². The normalized spacial score (nSPS) is 13.0. The number of halogens is 1. The molecule has 6 nitrogen and oxygen atoms in total. The molecule has 0 aliphatic carbocycles. The second-order valence-corrected chi connectivity index (χ2v) is 6.30. The summed E-state index contributed by atoms with van der Waals surface area (Å²) in [5, 5.41) is 3.66. The van der Waals surface area contributed by atoms with Crippen molar-refractivity contribution in [3.8, 4) is 5.75 Å². The molecule has 0 aliphatic rings. The molecule has 7 heteroatoms. The summed E-state index contributed by atoms with van der Waals surface area (Å²) in [7, 11) is 0. The van der Waals surface area contributed by atoms with Crippen molar-refractivity contribution in [2.24, 2.45) is 0 Å². The Morgan fingerprint density at radius 3 is 2.54 bits per heavy atom. The Labute approximate surface area is 161 Å². The summed E-state index contributed by atoms with van der Waals surface area (Å²) in [5.41, 5.74) is 0.733. The molecule has 0 spiro atoms. The van der Waals surface area contributed by atoms with Crippen molar-refractivity contribution in [1.29, 1.82) is 0 Å². The molecule has 0 saturated carbocycles. The summed E-state index contributed by atoms with van der Waals surface area (Å²) in [6.45, 7) is 2.82. The molecule has 0 bridgehead atoms. The molecule has 0 radical (unpaired) electrons. The molecule has 1 heterocycles. The lowest BCUT2D eigenvalue weighted by molar-refractivity contribution is -0.154. The Balaban J connectivity index is 1.47. The molecule has 0 unspecified atom stereocenters. The van der Waals surface area contributed by atoms with Gasteiger partial charge in [0.15, 0.2) is 12.7 Å². The number of rotatable bonds is 7. The van der Waals surface area contributed by atoms with Crippen LogP contribution < -0.4 is 10.1 Å². The molecule has 1 aromatic heterocycles. The molecule has 146 valence electrons. The first-order valence-electron chi connectivity index (χ1n) is 8.79. The van der Waals surface area contributed by atoms with E-state index in [4.69, 9.17) is 13.9 Å². The van der Waals surface area contributed by atoms with Crippen LogP contribution in [0.5, 0.6) is 5.75 Å². The number of fused-ring (bicyclic) bond motifs is 1. The van der Waals surface area contributed by atoms with E-state index in [1.807, 2.05) is 30.3 Å². The van der Waals surface area contributed by atoms with Crippen molar-refractivity contribution < 1.29 is 27.9 Å². The predicted molar refractivity (Wildman–Crippen MR) is 100 cm³/mol. The first-order valence-corrected chi connectivity index (χ1v) is 8.79. The highest BCUT2D eigenvalue weighted by Gasteiger charge is 2.19. The van der Waals surface area contributed by atoms with Gasteiger partial charge in [0.25, 0.3) is 5.91 Å². The molecule has 0 fully saturated rings. The van der Waals surface area contributed by atoms with Gasteiger partial charge in [-0.25, -0.2) is 9.18 Å². The number of nitrogens with one attached hydrogen (secondary N) is 1. The summed E-state index contributed by atoms with van der Waals surface area (Å²) in [5.74, 6) is -0.633. The maximum atomic E-state index is 12.9. The second kappa shape index (κ2) is 8.56. The van der Waals surface area contributed by atoms with Crippen LogP contribution in [0.1, 0.15) is 25.6 Å². The molecule has 0 saturated heterocycles. The minimum absolute atomic E-state index is 0.328. The number of amides is 1. The first-order chi connectivity index (χ1) is 13.4. The van der Waals surface area contributed by atoms with E-state index in [0.29, 0.717) is 11.5 Å². The van der Waals surface area contributed by atoms with Crippen LogP contribution in [0.3, 0.4) is 0 Å². The lowest BCUT2D eigenvalue weighted by Crippen LogP contribution is -2.34. The average molecular weight is 385 g/mol. The number of furan rings is 1. The number of benzene rings is 2. The largest absolute Gasteiger partial charge is 0.479 e. The van der Waals surface area contributed by atoms with Crippen LogP contribution in [0.2, 0.25) is 0 Å². The van der Waals surface area contributed by atoms with E-state index in [0.717, 1.165) is 11.0 Å². The molecule has 1 amide bonds. The fourth-order valence-corrected chi connectivity index (χ4v) is 2.59. The van der Waals surface area contributed by atoms with Gasteiger partial charge >= 0.3 is 5.97 Å². The number of ether oxygens (including phenoxy) is 2. The van der Waals surface area contributed by atoms with Crippen LogP contribution in [-0.2, 0) is 14.3 Å². The van der Waals surface area contributed by atoms with E-state index >= 15 is 0 Å². The van der Waals surface area contributed by atoms with Gasteiger partial charge in [0.1, 0.15) is 22.9 Å². The van der Waals surface area contributed by atoms with Crippen LogP contribution in [0.4, 0.5) is 4.39 Å². The smallest absolute Gasteiger partial charge is 0.347 e. The summed E-state index contributed by atoms with van der Waals surface area (Å²) >= 11 is 0. The Morgan fingerprint density at radius 2 is 1.82 bits per heavy atom. The summed E-state index contributed by atoms with van der Waals surface area (Å²) in [6, 6.07) is 14.3. The Hall–Kier alpha value is -3.35. The zero-order chi connectivity index (χ0) is 20.1. The van der Waals surface area contributed by atoms with Crippen molar-refractivity contribution in [1.82, 2.24) is 5.32 Å². The first kappa shape index (κ1) is 19.4. The van der Waals surface area contributed by atoms with Crippen molar-refractivity contribution in [3.63, 3.8) is 0 Å². The van der Waals surface area contributed by atoms with Gasteiger partial charge < -0.3 is 19.2 Å². The highest BCUT2D eigenvalue weighted by molar-refractivity contribution is 5.82. The molecular formula is C21H20FNO5. The van der Waals surface area contributed by atoms with E-state index in [-0.39, 0.29) is 6.04 Å². The fourth-order valence-electron chi connectivity index (χ4n) is 2.59. The van der Waals surface area contributed by atoms with Crippen LogP contribution in [0.25, 0.3) is 11.0 Å². The van der Waals surface area contributed by atoms with E-state index in [2.05, 4.69) is 5.32 Å². The second-order valence-electron chi connectivity index (χ2n) is 6.30. The van der Waals surface area contributed by atoms with E-state index < -0.39 is 30.4 Å². The van der Waals surface area contributed by atoms with Crippen molar-refractivity contribution in [2.75, 3.05) is 6.61 Å². The number of carbonyl (C=O) groups excluding carboxylic acids is 2. The number of hydrogen-bond acceptors (Lipinski definition) is 5. The quantitative estimate of drug-likeness (QED) is 0.627. The zero-order valence-corrected chi connectivity index (χ0v) is 15.5. The third kappa shape index (κ3) is 4.88. The van der Waals surface area contributed by atoms with Gasteiger partial charge in [-0.05, 0) is 50.2 Å². The zero-order valence-electron chi connectivity index (χ0n) is 15.5. The molecule has 2 atom stereocenters. The third-order valence-corrected chi connectivity index (χ3v) is 4.05. The van der Waals surface area contributed by atoms with Gasteiger partial charge in [0.05, 0.1) is 6.04 Å². The molecule has 28 heavy (non-hydrogen) atoms. The topological polar surface area (TPSA) is 77.8 Å². The van der Waals surface area contributed by atoms with Gasteiger partial charge in [-0.1, -0.05) is 18.2 Å². The van der Waals surface area contributed by atoms with E-state index in [9.17, 15) is 14.0 Å². The maximum absolute atomic E-state index is 12.9. The molecule has 3 aromatic rings. The van der Waals surface area contributed by atoms with E-state index in [1.165, 1.54) is 31.2 Å². The molecule has 1 N–H and O–H groups in total. The average Bonchev–Trinajstić information content (AvgIpc) is 3.12. The fraction of sp³-hybridized carbons (Fsp3) is 0.238. The third-order valence-electron chi connectivity index (χ3n) is 4.05. The highest BCUT2D eigenvalue weighted by Crippen LogP contribution is 2.23. The SMILES string of the molecule is C[C@@H](Oc1ccc(F)cc1)C(=O)OCC(=O)N[C@H](C)c1cc2ccccc2o1. The molecule has 0 aliphatic heterocycles. The molecule has 2 aromatic carbocycles. The predicted octanol–water partition coefficient (Wildman–Crippen LogP) is 3.76. The van der Waals surface area contributed by atoms with Crippen molar-refractivity contribution in [2.45, 2.75) is 26.0 Å². The molecular weight excluding hydrogens is 365 g/mol. The Morgan fingerprint density at radius 1 is 1.11 bits per heavy atom. The van der Waals surface area contributed by atoms with Crippen LogP contribution in [0, 0.1) is 5.82 Å². The van der Waals surface area contributed by atoms with Crippen LogP contribution in [-0.4, -0.2) is 24.6 Å². The lowest BCUT2D eigenvalue weighted by Gasteiger charge is -2.15. The standard InChI is InChI=1S/C21H20FNO5/c1-13(19-11-15-5-3-4-6-18(15)28-19)23-20(24)12-26-21(25)14(2)27-17-9-7-16(22)8-10-17/h3-11,13-14H,12H2,1-2H3,(H,23,24)/t13-,14-/m1/s1. The number of carbonyl (C=O) groups is 2. The minimum atomic E-state index is -0.939. The summed E-state index contributed by atoms with van der Waals surface area (Å²) in [4.78, 5) is 24.0. The Kier molecular flexibility index (Phi) is 5.93. The summed E-state index contributed by atoms with van der Waals surface area (Å²) in [6.07, 6.45) is -0.939. The van der Waals surface area contributed by atoms with Gasteiger partial charge in [-0.2, -0.15) is 0 Å². The monoisotopic (exact) mass is 385 g/mol.